The van der Waals surface area contributed by atoms with Gasteiger partial charge < -0.3 is 5.32 Å². The quantitative estimate of drug-likeness (QED) is 0.520. The maximum absolute atomic E-state index is 12.8. The molecule has 0 radical (unpaired) electrons. The van der Waals surface area contributed by atoms with Gasteiger partial charge in [0.05, 0.1) is 17.1 Å². The molecule has 9 heteroatoms. The predicted molar refractivity (Wildman–Crippen MR) is 120 cm³/mol. The lowest BCUT2D eigenvalue weighted by atomic mass is 10.0. The lowest BCUT2D eigenvalue weighted by molar-refractivity contribution is -0.119. The SMILES string of the molecule is Cc1cc2ncc(CCCNC(=O)CNS(=O)(=O)c3c(C)c(C)cc(C)c3C)cn2n1. The molecular formula is C22H29N5O3S. The first-order valence-corrected chi connectivity index (χ1v) is 11.7. The van der Waals surface area contributed by atoms with Gasteiger partial charge in [0.1, 0.15) is 0 Å². The van der Waals surface area contributed by atoms with Crippen molar-refractivity contribution in [3.8, 4) is 0 Å². The van der Waals surface area contributed by atoms with Crippen molar-refractivity contribution in [3.05, 3.63) is 58.0 Å². The van der Waals surface area contributed by atoms with Crippen molar-refractivity contribution in [1.82, 2.24) is 24.6 Å². The van der Waals surface area contributed by atoms with Crippen LogP contribution in [0.25, 0.3) is 5.65 Å². The molecule has 2 aromatic heterocycles. The van der Waals surface area contributed by atoms with Gasteiger partial charge in [0.25, 0.3) is 0 Å². The summed E-state index contributed by atoms with van der Waals surface area (Å²) in [5.74, 6) is -0.362. The van der Waals surface area contributed by atoms with Crippen molar-refractivity contribution in [2.24, 2.45) is 0 Å². The highest BCUT2D eigenvalue weighted by atomic mass is 32.2. The van der Waals surface area contributed by atoms with E-state index in [1.165, 1.54) is 0 Å². The van der Waals surface area contributed by atoms with E-state index in [4.69, 9.17) is 0 Å². The Morgan fingerprint density at radius 1 is 1.06 bits per heavy atom. The third-order valence-electron chi connectivity index (χ3n) is 5.44. The Labute approximate surface area is 183 Å². The van der Waals surface area contributed by atoms with Crippen LogP contribution in [0, 0.1) is 34.6 Å². The Balaban J connectivity index is 1.51. The molecule has 1 amide bonds. The van der Waals surface area contributed by atoms with E-state index in [2.05, 4.69) is 20.1 Å². The minimum Gasteiger partial charge on any atom is -0.355 e. The maximum Gasteiger partial charge on any atom is 0.241 e. The fourth-order valence-electron chi connectivity index (χ4n) is 3.56. The molecule has 8 nitrogen and oxygen atoms in total. The van der Waals surface area contributed by atoms with E-state index in [-0.39, 0.29) is 17.3 Å². The summed E-state index contributed by atoms with van der Waals surface area (Å²) in [6.45, 7) is 9.40. The van der Waals surface area contributed by atoms with E-state index >= 15 is 0 Å². The zero-order chi connectivity index (χ0) is 22.8. The summed E-state index contributed by atoms with van der Waals surface area (Å²) in [6.07, 6.45) is 5.18. The highest BCUT2D eigenvalue weighted by Crippen LogP contribution is 2.25. The molecule has 0 saturated heterocycles. The number of nitrogens with one attached hydrogen (secondary N) is 2. The monoisotopic (exact) mass is 443 g/mol. The van der Waals surface area contributed by atoms with Crippen LogP contribution in [0.15, 0.2) is 29.4 Å². The number of carbonyl (C=O) groups is 1. The summed E-state index contributed by atoms with van der Waals surface area (Å²) in [5, 5.41) is 7.11. The molecule has 0 fully saturated rings. The van der Waals surface area contributed by atoms with Gasteiger partial charge in [0, 0.05) is 25.0 Å². The molecule has 0 unspecified atom stereocenters. The average Bonchev–Trinajstić information content (AvgIpc) is 3.07. The number of rotatable bonds is 8. The third-order valence-corrected chi connectivity index (χ3v) is 7.12. The molecule has 0 aliphatic rings. The van der Waals surface area contributed by atoms with E-state index < -0.39 is 10.0 Å². The van der Waals surface area contributed by atoms with Crippen LogP contribution in [0.1, 0.15) is 39.9 Å². The first kappa shape index (κ1) is 22.9. The number of aryl methyl sites for hydroxylation is 4. The lowest BCUT2D eigenvalue weighted by Gasteiger charge is -2.16. The normalized spacial score (nSPS) is 11.8. The smallest absolute Gasteiger partial charge is 0.241 e. The van der Waals surface area contributed by atoms with Gasteiger partial charge in [-0.05, 0) is 75.3 Å². The van der Waals surface area contributed by atoms with Gasteiger partial charge in [-0.25, -0.2) is 22.6 Å². The topological polar surface area (TPSA) is 105 Å². The van der Waals surface area contributed by atoms with Gasteiger partial charge in [-0.1, -0.05) is 6.07 Å². The number of carbonyl (C=O) groups excluding carboxylic acids is 1. The van der Waals surface area contributed by atoms with Gasteiger partial charge in [-0.15, -0.1) is 0 Å². The highest BCUT2D eigenvalue weighted by molar-refractivity contribution is 7.89. The maximum atomic E-state index is 12.8. The molecule has 0 saturated carbocycles. The van der Waals surface area contributed by atoms with Crippen LogP contribution < -0.4 is 10.0 Å². The summed E-state index contributed by atoms with van der Waals surface area (Å²) in [6, 6.07) is 3.88. The Morgan fingerprint density at radius 3 is 2.42 bits per heavy atom. The Morgan fingerprint density at radius 2 is 1.74 bits per heavy atom. The molecule has 1 aromatic carbocycles. The summed E-state index contributed by atoms with van der Waals surface area (Å²) in [4.78, 5) is 16.8. The number of nitrogens with zero attached hydrogens (tertiary/aromatic N) is 3. The van der Waals surface area contributed by atoms with Crippen molar-refractivity contribution in [1.29, 1.82) is 0 Å². The first-order chi connectivity index (χ1) is 14.6. The van der Waals surface area contributed by atoms with E-state index in [0.717, 1.165) is 34.5 Å². The van der Waals surface area contributed by atoms with Crippen molar-refractivity contribution in [2.75, 3.05) is 13.1 Å². The van der Waals surface area contributed by atoms with Crippen LogP contribution in [0.2, 0.25) is 0 Å². The lowest BCUT2D eigenvalue weighted by Crippen LogP contribution is -2.37. The summed E-state index contributed by atoms with van der Waals surface area (Å²) >= 11 is 0. The molecule has 0 aliphatic heterocycles. The molecule has 3 rings (SSSR count). The molecular weight excluding hydrogens is 414 g/mol. The number of fused-ring (bicyclic) bond motifs is 1. The van der Waals surface area contributed by atoms with Gasteiger partial charge in [0.15, 0.2) is 5.65 Å². The molecule has 0 atom stereocenters. The molecule has 0 bridgehead atoms. The van der Waals surface area contributed by atoms with Gasteiger partial charge >= 0.3 is 0 Å². The minimum absolute atomic E-state index is 0.259. The van der Waals surface area contributed by atoms with Gasteiger partial charge in [-0.3, -0.25) is 4.79 Å². The van der Waals surface area contributed by atoms with E-state index in [1.54, 1.807) is 24.6 Å². The number of amides is 1. The number of hydrogen-bond donors (Lipinski definition) is 2. The second-order valence-corrected chi connectivity index (χ2v) is 9.62. The molecule has 166 valence electrons. The zero-order valence-corrected chi connectivity index (χ0v) is 19.4. The van der Waals surface area contributed by atoms with Crippen molar-refractivity contribution < 1.29 is 13.2 Å². The average molecular weight is 444 g/mol. The van der Waals surface area contributed by atoms with Crippen LogP contribution in [0.3, 0.4) is 0 Å². The Hall–Kier alpha value is -2.78. The van der Waals surface area contributed by atoms with E-state index in [9.17, 15) is 13.2 Å². The molecule has 0 spiro atoms. The molecule has 31 heavy (non-hydrogen) atoms. The second kappa shape index (κ2) is 9.15. The first-order valence-electron chi connectivity index (χ1n) is 10.2. The van der Waals surface area contributed by atoms with Crippen LogP contribution in [-0.4, -0.2) is 42.0 Å². The third kappa shape index (κ3) is 5.29. The van der Waals surface area contributed by atoms with Crippen molar-refractivity contribution in [3.63, 3.8) is 0 Å². The van der Waals surface area contributed by atoms with Gasteiger partial charge in [-0.2, -0.15) is 5.10 Å². The molecule has 2 heterocycles. The molecule has 3 aromatic rings. The van der Waals surface area contributed by atoms with Crippen LogP contribution in [0.4, 0.5) is 0 Å². The summed E-state index contributed by atoms with van der Waals surface area (Å²) < 4.78 is 29.8. The van der Waals surface area contributed by atoms with E-state index in [0.29, 0.717) is 24.1 Å². The summed E-state index contributed by atoms with van der Waals surface area (Å²) in [5.41, 5.74) is 5.95. The highest BCUT2D eigenvalue weighted by Gasteiger charge is 2.22. The predicted octanol–water partition coefficient (Wildman–Crippen LogP) is 2.30. The zero-order valence-electron chi connectivity index (χ0n) is 18.6. The number of benzene rings is 1. The van der Waals surface area contributed by atoms with Crippen LogP contribution in [-0.2, 0) is 21.2 Å². The fraction of sp³-hybridized carbons (Fsp3) is 0.409. The Kier molecular flexibility index (Phi) is 6.76. The summed E-state index contributed by atoms with van der Waals surface area (Å²) in [7, 11) is -3.78. The Bertz CT molecular complexity index is 1210. The number of aromatic nitrogens is 3. The van der Waals surface area contributed by atoms with Crippen LogP contribution >= 0.6 is 0 Å². The molecule has 2 N–H and O–H groups in total. The second-order valence-electron chi connectivity index (χ2n) is 7.92. The van der Waals surface area contributed by atoms with Crippen molar-refractivity contribution in [2.45, 2.75) is 52.4 Å². The largest absolute Gasteiger partial charge is 0.355 e. The van der Waals surface area contributed by atoms with Crippen molar-refractivity contribution >= 4 is 21.6 Å². The fourth-order valence-corrected chi connectivity index (χ4v) is 5.16. The van der Waals surface area contributed by atoms with Gasteiger partial charge in [0.2, 0.25) is 15.9 Å². The minimum atomic E-state index is -3.78. The van der Waals surface area contributed by atoms with E-state index in [1.807, 2.05) is 39.1 Å². The van der Waals surface area contributed by atoms with Crippen LogP contribution in [0.5, 0.6) is 0 Å². The number of hydrogen-bond acceptors (Lipinski definition) is 5. The standard InChI is InChI=1S/C22H29N5O3S/c1-14-9-15(2)18(5)22(17(14)4)31(29,30)25-12-21(28)23-8-6-7-19-11-24-20-10-16(3)26-27(20)13-19/h9-11,13,25H,6-8,12H2,1-5H3,(H,23,28). The molecule has 0 aliphatic carbocycles. The number of sulfonamides is 1.